The summed E-state index contributed by atoms with van der Waals surface area (Å²) in [4.78, 5) is 25.1. The molecule has 0 bridgehead atoms. The summed E-state index contributed by atoms with van der Waals surface area (Å²) in [5.41, 5.74) is 5.69. The van der Waals surface area contributed by atoms with E-state index in [1.807, 2.05) is 20.8 Å². The Hall–Kier alpha value is -1.36. The minimum absolute atomic E-state index is 0.00685. The zero-order valence-corrected chi connectivity index (χ0v) is 11.6. The molecule has 0 aliphatic rings. The second kappa shape index (κ2) is 8.69. The molecule has 0 aliphatic heterocycles. The molecule has 0 unspecified atom stereocenters. The highest BCUT2D eigenvalue weighted by Crippen LogP contribution is 1.98. The van der Waals surface area contributed by atoms with Gasteiger partial charge < -0.3 is 16.0 Å². The fraction of sp³-hybridized carbons (Fsp3) is 0.692. The maximum absolute atomic E-state index is 11.8. The minimum atomic E-state index is -0.572. The van der Waals surface area contributed by atoms with E-state index in [0.717, 1.165) is 6.42 Å². The molecule has 1 atom stereocenters. The van der Waals surface area contributed by atoms with E-state index in [1.54, 1.807) is 11.0 Å². The highest BCUT2D eigenvalue weighted by atomic mass is 16.2. The number of amides is 2. The van der Waals surface area contributed by atoms with Crippen molar-refractivity contribution < 1.29 is 9.59 Å². The van der Waals surface area contributed by atoms with Crippen LogP contribution in [0.3, 0.4) is 0 Å². The molecule has 3 N–H and O–H groups in total. The van der Waals surface area contributed by atoms with E-state index in [-0.39, 0.29) is 24.3 Å². The topological polar surface area (TPSA) is 75.4 Å². The van der Waals surface area contributed by atoms with Crippen molar-refractivity contribution in [3.63, 3.8) is 0 Å². The molecule has 0 heterocycles. The zero-order chi connectivity index (χ0) is 14.1. The van der Waals surface area contributed by atoms with Gasteiger partial charge in [-0.3, -0.25) is 9.59 Å². The van der Waals surface area contributed by atoms with Gasteiger partial charge in [0.15, 0.2) is 0 Å². The van der Waals surface area contributed by atoms with E-state index in [4.69, 9.17) is 5.73 Å². The smallest absolute Gasteiger partial charge is 0.242 e. The molecule has 0 fully saturated rings. The molecular weight excluding hydrogens is 230 g/mol. The summed E-state index contributed by atoms with van der Waals surface area (Å²) < 4.78 is 0. The summed E-state index contributed by atoms with van der Waals surface area (Å²) in [5.74, 6) is -0.338. The van der Waals surface area contributed by atoms with Crippen molar-refractivity contribution in [1.82, 2.24) is 10.2 Å². The molecule has 0 radical (unpaired) electrons. The summed E-state index contributed by atoms with van der Waals surface area (Å²) in [6.45, 7) is 10.5. The van der Waals surface area contributed by atoms with Crippen LogP contribution in [0.2, 0.25) is 0 Å². The highest BCUT2D eigenvalue weighted by molar-refractivity contribution is 5.87. The summed E-state index contributed by atoms with van der Waals surface area (Å²) in [6, 6.07) is -0.572. The van der Waals surface area contributed by atoms with Crippen LogP contribution in [0.4, 0.5) is 0 Å². The molecule has 0 aliphatic carbocycles. The Morgan fingerprint density at radius 1 is 1.44 bits per heavy atom. The molecule has 18 heavy (non-hydrogen) atoms. The predicted octanol–water partition coefficient (Wildman–Crippen LogP) is 0.511. The number of nitrogens with zero attached hydrogens (tertiary/aromatic N) is 1. The van der Waals surface area contributed by atoms with Gasteiger partial charge in [0.05, 0.1) is 12.6 Å². The van der Waals surface area contributed by atoms with Gasteiger partial charge in [0.2, 0.25) is 11.8 Å². The van der Waals surface area contributed by atoms with Crippen LogP contribution in [0.1, 0.15) is 27.2 Å². The van der Waals surface area contributed by atoms with E-state index < -0.39 is 6.04 Å². The van der Waals surface area contributed by atoms with Crippen LogP contribution < -0.4 is 11.1 Å². The number of hydrogen-bond acceptors (Lipinski definition) is 3. The number of nitrogens with one attached hydrogen (secondary N) is 1. The molecule has 0 saturated heterocycles. The standard InChI is InChI=1S/C13H25N3O2/c1-5-7-16(8-6-2)11(17)9-15-13(18)12(14)10(3)4/h5,10,12H,1,6-9,14H2,2-4H3,(H,15,18)/t12-/m0/s1. The van der Waals surface area contributed by atoms with E-state index in [2.05, 4.69) is 11.9 Å². The normalized spacial score (nSPS) is 12.1. The Kier molecular flexibility index (Phi) is 8.03. The Balaban J connectivity index is 4.21. The van der Waals surface area contributed by atoms with Crippen LogP contribution in [0.15, 0.2) is 12.7 Å². The molecule has 5 nitrogen and oxygen atoms in total. The molecule has 0 spiro atoms. The maximum atomic E-state index is 11.8. The lowest BCUT2D eigenvalue weighted by molar-refractivity contribution is -0.133. The first kappa shape index (κ1) is 16.6. The van der Waals surface area contributed by atoms with Crippen LogP contribution in [0.5, 0.6) is 0 Å². The summed E-state index contributed by atoms with van der Waals surface area (Å²) >= 11 is 0. The number of rotatable bonds is 8. The fourth-order valence-electron chi connectivity index (χ4n) is 1.44. The third-order valence-electron chi connectivity index (χ3n) is 2.63. The van der Waals surface area contributed by atoms with Gasteiger partial charge in [-0.25, -0.2) is 0 Å². The SMILES string of the molecule is C=CCN(CCC)C(=O)CNC(=O)[C@@H](N)C(C)C. The Labute approximate surface area is 109 Å². The van der Waals surface area contributed by atoms with Crippen molar-refractivity contribution in [2.24, 2.45) is 11.7 Å². The van der Waals surface area contributed by atoms with Gasteiger partial charge in [0.25, 0.3) is 0 Å². The Morgan fingerprint density at radius 2 is 2.06 bits per heavy atom. The molecular formula is C13H25N3O2. The van der Waals surface area contributed by atoms with Gasteiger partial charge in [-0.15, -0.1) is 6.58 Å². The number of hydrogen-bond donors (Lipinski definition) is 2. The quantitative estimate of drug-likeness (QED) is 0.621. The summed E-state index contributed by atoms with van der Waals surface area (Å²) in [5, 5.41) is 2.57. The molecule has 5 heteroatoms. The second-order valence-electron chi connectivity index (χ2n) is 4.62. The average Bonchev–Trinajstić information content (AvgIpc) is 2.34. The average molecular weight is 255 g/mol. The Morgan fingerprint density at radius 3 is 2.50 bits per heavy atom. The summed E-state index contributed by atoms with van der Waals surface area (Å²) in [6.07, 6.45) is 2.55. The van der Waals surface area contributed by atoms with Crippen LogP contribution in [-0.4, -0.2) is 42.4 Å². The van der Waals surface area contributed by atoms with Crippen LogP contribution >= 0.6 is 0 Å². The zero-order valence-electron chi connectivity index (χ0n) is 11.6. The molecule has 2 amide bonds. The summed E-state index contributed by atoms with van der Waals surface area (Å²) in [7, 11) is 0. The van der Waals surface area contributed by atoms with E-state index in [0.29, 0.717) is 13.1 Å². The first-order valence-corrected chi connectivity index (χ1v) is 6.36. The van der Waals surface area contributed by atoms with Gasteiger partial charge >= 0.3 is 0 Å². The molecule has 0 aromatic carbocycles. The van der Waals surface area contributed by atoms with Crippen LogP contribution in [0.25, 0.3) is 0 Å². The lowest BCUT2D eigenvalue weighted by Crippen LogP contribution is -2.48. The third kappa shape index (κ3) is 5.82. The molecule has 0 rings (SSSR count). The first-order valence-electron chi connectivity index (χ1n) is 6.36. The molecule has 0 aromatic heterocycles. The monoisotopic (exact) mass is 255 g/mol. The minimum Gasteiger partial charge on any atom is -0.346 e. The van der Waals surface area contributed by atoms with Gasteiger partial charge in [0.1, 0.15) is 0 Å². The van der Waals surface area contributed by atoms with Crippen molar-refractivity contribution in [3.8, 4) is 0 Å². The lowest BCUT2D eigenvalue weighted by atomic mass is 10.1. The van der Waals surface area contributed by atoms with Gasteiger partial charge in [-0.1, -0.05) is 26.8 Å². The molecule has 0 aromatic rings. The number of carbonyl (C=O) groups is 2. The van der Waals surface area contributed by atoms with Crippen molar-refractivity contribution in [1.29, 1.82) is 0 Å². The van der Waals surface area contributed by atoms with Crippen molar-refractivity contribution >= 4 is 11.8 Å². The van der Waals surface area contributed by atoms with Crippen LogP contribution in [0, 0.1) is 5.92 Å². The molecule has 0 saturated carbocycles. The number of carbonyl (C=O) groups excluding carboxylic acids is 2. The van der Waals surface area contributed by atoms with Gasteiger partial charge in [0, 0.05) is 13.1 Å². The maximum Gasteiger partial charge on any atom is 0.242 e. The van der Waals surface area contributed by atoms with E-state index in [9.17, 15) is 9.59 Å². The van der Waals surface area contributed by atoms with E-state index in [1.165, 1.54) is 0 Å². The number of nitrogens with two attached hydrogens (primary N) is 1. The highest BCUT2D eigenvalue weighted by Gasteiger charge is 2.19. The van der Waals surface area contributed by atoms with Crippen molar-refractivity contribution in [3.05, 3.63) is 12.7 Å². The van der Waals surface area contributed by atoms with Gasteiger partial charge in [-0.05, 0) is 12.3 Å². The van der Waals surface area contributed by atoms with Gasteiger partial charge in [-0.2, -0.15) is 0 Å². The van der Waals surface area contributed by atoms with Crippen molar-refractivity contribution in [2.75, 3.05) is 19.6 Å². The van der Waals surface area contributed by atoms with Crippen molar-refractivity contribution in [2.45, 2.75) is 33.2 Å². The predicted molar refractivity (Wildman–Crippen MR) is 72.9 cm³/mol. The fourth-order valence-corrected chi connectivity index (χ4v) is 1.44. The third-order valence-corrected chi connectivity index (χ3v) is 2.63. The largest absolute Gasteiger partial charge is 0.346 e. The molecule has 104 valence electrons. The van der Waals surface area contributed by atoms with Crippen LogP contribution in [-0.2, 0) is 9.59 Å². The first-order chi connectivity index (χ1) is 8.43. The second-order valence-corrected chi connectivity index (χ2v) is 4.62. The lowest BCUT2D eigenvalue weighted by Gasteiger charge is -2.21. The Bertz CT molecular complexity index is 290. The van der Waals surface area contributed by atoms with E-state index >= 15 is 0 Å².